The van der Waals surface area contributed by atoms with Crippen LogP contribution in [-0.4, -0.2) is 29.1 Å². The third-order valence-electron chi connectivity index (χ3n) is 2.18. The molecule has 17 heavy (non-hydrogen) atoms. The smallest absolute Gasteiger partial charge is 0.202 e. The summed E-state index contributed by atoms with van der Waals surface area (Å²) in [4.78, 5) is 4.42. The van der Waals surface area contributed by atoms with Gasteiger partial charge in [-0.3, -0.25) is 0 Å². The minimum absolute atomic E-state index is 0.691. The molecular formula is C12H15N3OS. The highest BCUT2D eigenvalue weighted by atomic mass is 32.1. The molecule has 0 aliphatic heterocycles. The van der Waals surface area contributed by atoms with Gasteiger partial charge in [0, 0.05) is 30.2 Å². The van der Waals surface area contributed by atoms with Crippen molar-refractivity contribution in [1.29, 1.82) is 0 Å². The molecule has 0 amide bonds. The molecule has 2 aromatic rings. The van der Waals surface area contributed by atoms with Crippen LogP contribution in [0.4, 0.5) is 5.13 Å². The molecule has 0 spiro atoms. The van der Waals surface area contributed by atoms with Crippen molar-refractivity contribution >= 4 is 16.7 Å². The van der Waals surface area contributed by atoms with E-state index >= 15 is 0 Å². The van der Waals surface area contributed by atoms with Crippen molar-refractivity contribution in [3.05, 3.63) is 30.3 Å². The van der Waals surface area contributed by atoms with E-state index in [1.54, 1.807) is 0 Å². The summed E-state index contributed by atoms with van der Waals surface area (Å²) in [5.74, 6) is 0.773. The second-order valence-electron chi connectivity index (χ2n) is 3.41. The van der Waals surface area contributed by atoms with Gasteiger partial charge < -0.3 is 10.1 Å². The van der Waals surface area contributed by atoms with Gasteiger partial charge in [-0.1, -0.05) is 30.3 Å². The van der Waals surface area contributed by atoms with Crippen molar-refractivity contribution in [3.8, 4) is 11.4 Å². The maximum absolute atomic E-state index is 5.24. The van der Waals surface area contributed by atoms with E-state index in [0.717, 1.165) is 29.7 Å². The first kappa shape index (κ1) is 12.0. The number of hydrogen-bond acceptors (Lipinski definition) is 5. The normalized spacial score (nSPS) is 10.4. The Balaban J connectivity index is 1.92. The summed E-state index contributed by atoms with van der Waals surface area (Å²) in [6.45, 7) is 4.18. The number of ether oxygens (including phenoxy) is 1. The minimum Gasteiger partial charge on any atom is -0.380 e. The van der Waals surface area contributed by atoms with Crippen LogP contribution in [0, 0.1) is 0 Å². The number of nitrogens with one attached hydrogen (secondary N) is 1. The van der Waals surface area contributed by atoms with Crippen molar-refractivity contribution < 1.29 is 4.74 Å². The van der Waals surface area contributed by atoms with E-state index in [0.29, 0.717) is 6.61 Å². The summed E-state index contributed by atoms with van der Waals surface area (Å²) in [5.41, 5.74) is 1.04. The lowest BCUT2D eigenvalue weighted by molar-refractivity contribution is 0.158. The second-order valence-corrected chi connectivity index (χ2v) is 4.16. The number of anilines is 1. The Bertz CT molecular complexity index is 444. The molecule has 5 heteroatoms. The predicted octanol–water partition coefficient (Wildman–Crippen LogP) is 2.65. The molecule has 0 fully saturated rings. The van der Waals surface area contributed by atoms with Gasteiger partial charge in [0.25, 0.3) is 0 Å². The lowest BCUT2D eigenvalue weighted by Gasteiger charge is -2.01. The lowest BCUT2D eigenvalue weighted by atomic mass is 10.2. The summed E-state index contributed by atoms with van der Waals surface area (Å²) in [6.07, 6.45) is 0. The highest BCUT2D eigenvalue weighted by Gasteiger charge is 2.04. The first-order valence-electron chi connectivity index (χ1n) is 5.61. The van der Waals surface area contributed by atoms with Crippen LogP contribution in [0.5, 0.6) is 0 Å². The summed E-state index contributed by atoms with van der Waals surface area (Å²) in [6, 6.07) is 9.96. The van der Waals surface area contributed by atoms with Gasteiger partial charge in [-0.05, 0) is 6.92 Å². The van der Waals surface area contributed by atoms with Gasteiger partial charge in [-0.25, -0.2) is 0 Å². The first-order valence-corrected chi connectivity index (χ1v) is 6.38. The van der Waals surface area contributed by atoms with E-state index in [9.17, 15) is 0 Å². The predicted molar refractivity (Wildman–Crippen MR) is 70.3 cm³/mol. The van der Waals surface area contributed by atoms with Gasteiger partial charge in [-0.15, -0.1) is 0 Å². The zero-order valence-corrected chi connectivity index (χ0v) is 10.5. The van der Waals surface area contributed by atoms with Gasteiger partial charge in [0.1, 0.15) is 0 Å². The summed E-state index contributed by atoms with van der Waals surface area (Å²) < 4.78 is 9.55. The van der Waals surface area contributed by atoms with Crippen molar-refractivity contribution in [1.82, 2.24) is 9.36 Å². The van der Waals surface area contributed by atoms with Crippen molar-refractivity contribution in [2.75, 3.05) is 25.1 Å². The molecule has 1 aromatic carbocycles. The van der Waals surface area contributed by atoms with Crippen LogP contribution >= 0.6 is 11.5 Å². The number of benzene rings is 1. The number of rotatable bonds is 6. The van der Waals surface area contributed by atoms with Gasteiger partial charge in [-0.2, -0.15) is 9.36 Å². The van der Waals surface area contributed by atoms with Crippen molar-refractivity contribution in [2.45, 2.75) is 6.92 Å². The first-order chi connectivity index (χ1) is 8.40. The zero-order valence-electron chi connectivity index (χ0n) is 9.72. The summed E-state index contributed by atoms with van der Waals surface area (Å²) in [7, 11) is 0. The minimum atomic E-state index is 0.691. The summed E-state index contributed by atoms with van der Waals surface area (Å²) >= 11 is 1.37. The molecule has 0 saturated carbocycles. The quantitative estimate of drug-likeness (QED) is 0.799. The van der Waals surface area contributed by atoms with Crippen LogP contribution in [0.3, 0.4) is 0 Å². The van der Waals surface area contributed by atoms with Crippen LogP contribution in [0.25, 0.3) is 11.4 Å². The molecule has 0 aliphatic rings. The molecule has 0 atom stereocenters. The average molecular weight is 249 g/mol. The molecule has 0 radical (unpaired) electrons. The Hall–Kier alpha value is -1.46. The van der Waals surface area contributed by atoms with Crippen LogP contribution in [0.1, 0.15) is 6.92 Å². The molecule has 1 N–H and O–H groups in total. The maximum Gasteiger partial charge on any atom is 0.202 e. The highest BCUT2D eigenvalue weighted by molar-refractivity contribution is 7.09. The van der Waals surface area contributed by atoms with Crippen LogP contribution < -0.4 is 5.32 Å². The molecule has 2 rings (SSSR count). The fourth-order valence-electron chi connectivity index (χ4n) is 1.37. The molecule has 0 aliphatic carbocycles. The fraction of sp³-hybridized carbons (Fsp3) is 0.333. The van der Waals surface area contributed by atoms with E-state index in [1.165, 1.54) is 11.5 Å². The topological polar surface area (TPSA) is 47.0 Å². The van der Waals surface area contributed by atoms with Crippen LogP contribution in [0.2, 0.25) is 0 Å². The molecule has 1 aromatic heterocycles. The molecule has 4 nitrogen and oxygen atoms in total. The average Bonchev–Trinajstić information content (AvgIpc) is 2.85. The van der Waals surface area contributed by atoms with E-state index in [2.05, 4.69) is 14.7 Å². The Morgan fingerprint density at radius 3 is 2.88 bits per heavy atom. The van der Waals surface area contributed by atoms with Crippen molar-refractivity contribution in [2.24, 2.45) is 0 Å². The van der Waals surface area contributed by atoms with Gasteiger partial charge >= 0.3 is 0 Å². The van der Waals surface area contributed by atoms with Gasteiger partial charge in [0.2, 0.25) is 5.13 Å². The van der Waals surface area contributed by atoms with E-state index in [4.69, 9.17) is 4.74 Å². The molecule has 1 heterocycles. The molecule has 0 unspecified atom stereocenters. The largest absolute Gasteiger partial charge is 0.380 e. The Labute approximate surface area is 105 Å². The van der Waals surface area contributed by atoms with E-state index in [1.807, 2.05) is 37.3 Å². The Kier molecular flexibility index (Phi) is 4.46. The molecule has 0 bridgehead atoms. The second kappa shape index (κ2) is 6.32. The third kappa shape index (κ3) is 3.51. The Morgan fingerprint density at radius 1 is 1.29 bits per heavy atom. The van der Waals surface area contributed by atoms with Gasteiger partial charge in [0.05, 0.1) is 6.61 Å². The monoisotopic (exact) mass is 249 g/mol. The number of hydrogen-bond donors (Lipinski definition) is 1. The number of nitrogens with zero attached hydrogens (tertiary/aromatic N) is 2. The maximum atomic E-state index is 5.24. The standard InChI is InChI=1S/C12H15N3OS/c1-2-16-9-8-13-12-14-11(15-17-12)10-6-4-3-5-7-10/h3-7H,2,8-9H2,1H3,(H,13,14,15). The highest BCUT2D eigenvalue weighted by Crippen LogP contribution is 2.20. The van der Waals surface area contributed by atoms with Crippen LogP contribution in [0.15, 0.2) is 30.3 Å². The van der Waals surface area contributed by atoms with E-state index in [-0.39, 0.29) is 0 Å². The zero-order chi connectivity index (χ0) is 11.9. The molecule has 90 valence electrons. The lowest BCUT2D eigenvalue weighted by Crippen LogP contribution is -2.08. The van der Waals surface area contributed by atoms with Gasteiger partial charge in [0.15, 0.2) is 5.82 Å². The SMILES string of the molecule is CCOCCNc1nc(-c2ccccc2)ns1. The number of aromatic nitrogens is 2. The Morgan fingerprint density at radius 2 is 2.12 bits per heavy atom. The molecule has 0 saturated heterocycles. The fourth-order valence-corrected chi connectivity index (χ4v) is 1.99. The van der Waals surface area contributed by atoms with Crippen molar-refractivity contribution in [3.63, 3.8) is 0 Å². The third-order valence-corrected chi connectivity index (χ3v) is 2.86. The summed E-state index contributed by atoms with van der Waals surface area (Å²) in [5, 5.41) is 4.03. The van der Waals surface area contributed by atoms with Crippen LogP contribution in [-0.2, 0) is 4.74 Å². The molecular weight excluding hydrogens is 234 g/mol. The van der Waals surface area contributed by atoms with E-state index < -0.39 is 0 Å².